The molecule has 0 heterocycles. The lowest BCUT2D eigenvalue weighted by atomic mass is 9.87. The molecule has 0 aromatic heterocycles. The maximum Gasteiger partial charge on any atom is 0.123 e. The van der Waals surface area contributed by atoms with Crippen molar-refractivity contribution < 1.29 is 9.47 Å². The SMILES string of the molecule is CCN(CC)C(C)(C)C(N)c1cc(OC)ccc1OC. The molecule has 0 spiro atoms. The average molecular weight is 280 g/mol. The van der Waals surface area contributed by atoms with Crippen LogP contribution in [0, 0.1) is 0 Å². The number of rotatable bonds is 7. The van der Waals surface area contributed by atoms with Gasteiger partial charge in [0.25, 0.3) is 0 Å². The third-order valence-corrected chi connectivity index (χ3v) is 4.11. The van der Waals surface area contributed by atoms with Gasteiger partial charge in [0.2, 0.25) is 0 Å². The van der Waals surface area contributed by atoms with Crippen molar-refractivity contribution in [1.29, 1.82) is 0 Å². The molecule has 2 N–H and O–H groups in total. The molecule has 0 aliphatic carbocycles. The van der Waals surface area contributed by atoms with E-state index in [2.05, 4.69) is 32.6 Å². The highest BCUT2D eigenvalue weighted by Crippen LogP contribution is 2.36. The Balaban J connectivity index is 3.21. The Morgan fingerprint density at radius 2 is 1.75 bits per heavy atom. The zero-order valence-corrected chi connectivity index (χ0v) is 13.6. The molecule has 0 fully saturated rings. The van der Waals surface area contributed by atoms with Crippen molar-refractivity contribution in [2.24, 2.45) is 5.73 Å². The van der Waals surface area contributed by atoms with Crippen LogP contribution in [0.15, 0.2) is 18.2 Å². The van der Waals surface area contributed by atoms with E-state index in [1.807, 2.05) is 18.2 Å². The molecule has 20 heavy (non-hydrogen) atoms. The van der Waals surface area contributed by atoms with Gasteiger partial charge >= 0.3 is 0 Å². The first-order valence-electron chi connectivity index (χ1n) is 7.14. The number of likely N-dealkylation sites (N-methyl/N-ethyl adjacent to an activating group) is 1. The van der Waals surface area contributed by atoms with Crippen LogP contribution in [0.5, 0.6) is 11.5 Å². The van der Waals surface area contributed by atoms with Crippen LogP contribution in [0.2, 0.25) is 0 Å². The Bertz CT molecular complexity index is 428. The van der Waals surface area contributed by atoms with E-state index in [4.69, 9.17) is 15.2 Å². The largest absolute Gasteiger partial charge is 0.497 e. The molecular formula is C16H28N2O2. The maximum atomic E-state index is 6.55. The number of benzene rings is 1. The third-order valence-electron chi connectivity index (χ3n) is 4.11. The molecule has 4 nitrogen and oxygen atoms in total. The summed E-state index contributed by atoms with van der Waals surface area (Å²) < 4.78 is 10.8. The number of nitrogens with two attached hydrogens (primary N) is 1. The second kappa shape index (κ2) is 6.95. The first kappa shape index (κ1) is 16.8. The molecule has 0 saturated heterocycles. The molecule has 0 aliphatic heterocycles. The predicted molar refractivity (Wildman–Crippen MR) is 83.5 cm³/mol. The molecular weight excluding hydrogens is 252 g/mol. The van der Waals surface area contributed by atoms with Crippen LogP contribution in [0.4, 0.5) is 0 Å². The standard InChI is InChI=1S/C16H28N2O2/c1-7-18(8-2)16(3,4)15(17)13-11-12(19-5)9-10-14(13)20-6/h9-11,15H,7-8,17H2,1-6H3. The van der Waals surface area contributed by atoms with Gasteiger partial charge in [-0.25, -0.2) is 0 Å². The van der Waals surface area contributed by atoms with Crippen LogP contribution in [0.25, 0.3) is 0 Å². The van der Waals surface area contributed by atoms with Crippen LogP contribution in [-0.2, 0) is 0 Å². The van der Waals surface area contributed by atoms with E-state index in [0.717, 1.165) is 30.2 Å². The second-order valence-electron chi connectivity index (χ2n) is 5.41. The highest BCUT2D eigenvalue weighted by Gasteiger charge is 2.34. The Hall–Kier alpha value is -1.26. The van der Waals surface area contributed by atoms with Gasteiger partial charge in [0.05, 0.1) is 20.3 Å². The summed E-state index contributed by atoms with van der Waals surface area (Å²) in [6.45, 7) is 10.6. The monoisotopic (exact) mass is 280 g/mol. The fourth-order valence-corrected chi connectivity index (χ4v) is 2.70. The molecule has 1 aromatic rings. The number of nitrogens with zero attached hydrogens (tertiary/aromatic N) is 1. The van der Waals surface area contributed by atoms with Crippen molar-refractivity contribution in [3.63, 3.8) is 0 Å². The van der Waals surface area contributed by atoms with Gasteiger partial charge in [-0.1, -0.05) is 13.8 Å². The summed E-state index contributed by atoms with van der Waals surface area (Å²) in [5, 5.41) is 0. The molecule has 0 aliphatic rings. The van der Waals surface area contributed by atoms with E-state index >= 15 is 0 Å². The number of hydrogen-bond donors (Lipinski definition) is 1. The van der Waals surface area contributed by atoms with E-state index in [1.165, 1.54) is 0 Å². The van der Waals surface area contributed by atoms with E-state index in [0.29, 0.717) is 0 Å². The van der Waals surface area contributed by atoms with Crippen LogP contribution >= 0.6 is 0 Å². The molecule has 114 valence electrons. The van der Waals surface area contributed by atoms with Crippen molar-refractivity contribution in [3.05, 3.63) is 23.8 Å². The van der Waals surface area contributed by atoms with Crippen LogP contribution in [0.1, 0.15) is 39.3 Å². The van der Waals surface area contributed by atoms with Gasteiger partial charge in [-0.3, -0.25) is 4.90 Å². The Morgan fingerprint density at radius 1 is 1.15 bits per heavy atom. The number of ether oxygens (including phenoxy) is 2. The van der Waals surface area contributed by atoms with Crippen molar-refractivity contribution in [2.45, 2.75) is 39.3 Å². The molecule has 4 heteroatoms. The van der Waals surface area contributed by atoms with Gasteiger partial charge in [-0.05, 0) is 45.1 Å². The van der Waals surface area contributed by atoms with Gasteiger partial charge in [0.1, 0.15) is 11.5 Å². The maximum absolute atomic E-state index is 6.55. The normalized spacial score (nSPS) is 13.4. The Kier molecular flexibility index (Phi) is 5.84. The second-order valence-corrected chi connectivity index (χ2v) is 5.41. The molecule has 0 bridgehead atoms. The van der Waals surface area contributed by atoms with Crippen molar-refractivity contribution in [3.8, 4) is 11.5 Å². The Morgan fingerprint density at radius 3 is 2.20 bits per heavy atom. The minimum absolute atomic E-state index is 0.160. The summed E-state index contributed by atoms with van der Waals surface area (Å²) in [4.78, 5) is 2.36. The van der Waals surface area contributed by atoms with Gasteiger partial charge in [0, 0.05) is 11.1 Å². The lowest BCUT2D eigenvalue weighted by Crippen LogP contribution is -2.51. The Labute approximate surface area is 122 Å². The van der Waals surface area contributed by atoms with E-state index in [1.54, 1.807) is 14.2 Å². The van der Waals surface area contributed by atoms with E-state index in [-0.39, 0.29) is 11.6 Å². The molecule has 1 rings (SSSR count). The summed E-state index contributed by atoms with van der Waals surface area (Å²) >= 11 is 0. The quantitative estimate of drug-likeness (QED) is 0.834. The lowest BCUT2D eigenvalue weighted by Gasteiger charge is -2.42. The first-order valence-corrected chi connectivity index (χ1v) is 7.14. The summed E-state index contributed by atoms with van der Waals surface area (Å²) in [5.41, 5.74) is 7.36. The highest BCUT2D eigenvalue weighted by atomic mass is 16.5. The summed E-state index contributed by atoms with van der Waals surface area (Å²) in [6, 6.07) is 5.60. The molecule has 1 unspecified atom stereocenters. The van der Waals surface area contributed by atoms with Crippen molar-refractivity contribution in [2.75, 3.05) is 27.3 Å². The zero-order chi connectivity index (χ0) is 15.3. The smallest absolute Gasteiger partial charge is 0.123 e. The van der Waals surface area contributed by atoms with E-state index in [9.17, 15) is 0 Å². The van der Waals surface area contributed by atoms with Gasteiger partial charge < -0.3 is 15.2 Å². The highest BCUT2D eigenvalue weighted by molar-refractivity contribution is 5.43. The fourth-order valence-electron chi connectivity index (χ4n) is 2.70. The van der Waals surface area contributed by atoms with Gasteiger partial charge in [-0.15, -0.1) is 0 Å². The zero-order valence-electron chi connectivity index (χ0n) is 13.6. The lowest BCUT2D eigenvalue weighted by molar-refractivity contribution is 0.106. The third kappa shape index (κ3) is 3.25. The summed E-state index contributed by atoms with van der Waals surface area (Å²) in [5.74, 6) is 1.60. The molecule has 0 saturated carbocycles. The van der Waals surface area contributed by atoms with Crippen LogP contribution < -0.4 is 15.2 Å². The van der Waals surface area contributed by atoms with Gasteiger partial charge in [-0.2, -0.15) is 0 Å². The minimum atomic E-state index is -0.164. The predicted octanol–water partition coefficient (Wildman–Crippen LogP) is 2.82. The molecule has 0 radical (unpaired) electrons. The number of methoxy groups -OCH3 is 2. The van der Waals surface area contributed by atoms with Gasteiger partial charge in [0.15, 0.2) is 0 Å². The first-order chi connectivity index (χ1) is 9.42. The molecule has 0 amide bonds. The molecule has 1 atom stereocenters. The average Bonchev–Trinajstić information content (AvgIpc) is 2.46. The fraction of sp³-hybridized carbons (Fsp3) is 0.625. The van der Waals surface area contributed by atoms with Crippen molar-refractivity contribution in [1.82, 2.24) is 4.90 Å². The number of hydrogen-bond acceptors (Lipinski definition) is 4. The summed E-state index contributed by atoms with van der Waals surface area (Å²) in [6.07, 6.45) is 0. The molecule has 1 aromatic carbocycles. The topological polar surface area (TPSA) is 47.7 Å². The van der Waals surface area contributed by atoms with Crippen LogP contribution in [0.3, 0.4) is 0 Å². The van der Waals surface area contributed by atoms with Crippen LogP contribution in [-0.4, -0.2) is 37.7 Å². The summed E-state index contributed by atoms with van der Waals surface area (Å²) in [7, 11) is 3.33. The van der Waals surface area contributed by atoms with Crippen molar-refractivity contribution >= 4 is 0 Å². The van der Waals surface area contributed by atoms with E-state index < -0.39 is 0 Å². The minimum Gasteiger partial charge on any atom is -0.497 e.